The molecule has 0 aliphatic rings. The predicted octanol–water partition coefficient (Wildman–Crippen LogP) is 15.4. The summed E-state index contributed by atoms with van der Waals surface area (Å²) in [6.07, 6.45) is 70.2. The highest BCUT2D eigenvalue weighted by Crippen LogP contribution is 2.38. The van der Waals surface area contributed by atoms with Crippen LogP contribution in [0.3, 0.4) is 0 Å². The van der Waals surface area contributed by atoms with Gasteiger partial charge in [0.1, 0.15) is 13.2 Å². The van der Waals surface area contributed by atoms with Crippen molar-refractivity contribution in [2.75, 3.05) is 40.9 Å². The molecule has 8 nitrogen and oxygen atoms in total. The Bertz CT molecular complexity index is 1450. The number of carbonyl (C=O) groups is 1. The van der Waals surface area contributed by atoms with Crippen molar-refractivity contribution in [2.45, 2.75) is 212 Å². The number of phosphoric ester groups is 1. The fourth-order valence-corrected chi connectivity index (χ4v) is 7.76. The molecule has 384 valence electrons. The number of unbranched alkanes of at least 4 members (excludes halogenated alkanes) is 18. The Kier molecular flexibility index (Phi) is 46.2. The van der Waals surface area contributed by atoms with E-state index in [1.165, 1.54) is 103 Å². The Labute approximate surface area is 412 Å². The summed E-state index contributed by atoms with van der Waals surface area (Å²) >= 11 is 0. The van der Waals surface area contributed by atoms with Crippen LogP contribution < -0.4 is 10.2 Å². The smallest absolute Gasteiger partial charge is 0.268 e. The van der Waals surface area contributed by atoms with Gasteiger partial charge >= 0.3 is 0 Å². The number of likely N-dealkylation sites (N-methyl/N-ethyl adjacent to an activating group) is 1. The highest BCUT2D eigenvalue weighted by Gasteiger charge is 2.23. The molecule has 0 aromatic heterocycles. The van der Waals surface area contributed by atoms with Crippen LogP contribution in [-0.2, 0) is 18.4 Å². The van der Waals surface area contributed by atoms with Crippen molar-refractivity contribution in [2.24, 2.45) is 0 Å². The van der Waals surface area contributed by atoms with E-state index in [1.807, 2.05) is 27.2 Å². The van der Waals surface area contributed by atoms with Crippen molar-refractivity contribution in [1.82, 2.24) is 5.32 Å². The third-order valence-electron chi connectivity index (χ3n) is 11.2. The van der Waals surface area contributed by atoms with Crippen LogP contribution >= 0.6 is 7.82 Å². The first kappa shape index (κ1) is 64.2. The summed E-state index contributed by atoms with van der Waals surface area (Å²) in [7, 11) is 1.19. The number of quaternary nitrogens is 1. The van der Waals surface area contributed by atoms with Gasteiger partial charge in [-0.05, 0) is 83.5 Å². The predicted molar refractivity (Wildman–Crippen MR) is 288 cm³/mol. The molecule has 0 fully saturated rings. The van der Waals surface area contributed by atoms with E-state index in [0.29, 0.717) is 17.4 Å². The van der Waals surface area contributed by atoms with Gasteiger partial charge in [0.15, 0.2) is 0 Å². The lowest BCUT2D eigenvalue weighted by Crippen LogP contribution is -2.45. The summed E-state index contributed by atoms with van der Waals surface area (Å²) < 4.78 is 23.3. The second kappa shape index (κ2) is 48.2. The number of hydrogen-bond donors (Lipinski definition) is 2. The van der Waals surface area contributed by atoms with Gasteiger partial charge in [-0.2, -0.15) is 0 Å². The molecule has 0 saturated carbocycles. The summed E-state index contributed by atoms with van der Waals surface area (Å²) in [5, 5.41) is 13.8. The van der Waals surface area contributed by atoms with E-state index in [9.17, 15) is 19.4 Å². The highest BCUT2D eigenvalue weighted by molar-refractivity contribution is 7.45. The largest absolute Gasteiger partial charge is 0.756 e. The average Bonchev–Trinajstić information content (AvgIpc) is 3.29. The quantitative estimate of drug-likeness (QED) is 0.0272. The topological polar surface area (TPSA) is 108 Å². The van der Waals surface area contributed by atoms with Crippen molar-refractivity contribution < 1.29 is 32.9 Å². The Morgan fingerprint density at radius 1 is 0.537 bits per heavy atom. The molecule has 3 atom stereocenters. The molecule has 3 unspecified atom stereocenters. The van der Waals surface area contributed by atoms with Crippen LogP contribution in [0.25, 0.3) is 0 Å². The van der Waals surface area contributed by atoms with Gasteiger partial charge in [0.05, 0.1) is 39.9 Å². The number of hydrogen-bond acceptors (Lipinski definition) is 6. The summed E-state index contributed by atoms with van der Waals surface area (Å²) in [6.45, 7) is 4.46. The van der Waals surface area contributed by atoms with Crippen LogP contribution in [0.2, 0.25) is 0 Å². The zero-order chi connectivity index (χ0) is 49.2. The van der Waals surface area contributed by atoms with Gasteiger partial charge in [-0.1, -0.05) is 220 Å². The zero-order valence-electron chi connectivity index (χ0n) is 43.6. The molecule has 0 heterocycles. The number of allylic oxidation sites excluding steroid dienone is 17. The molecule has 1 amide bonds. The molecule has 0 aromatic carbocycles. The second-order valence-corrected chi connectivity index (χ2v) is 20.2. The summed E-state index contributed by atoms with van der Waals surface area (Å²) in [5.74, 6) is -0.268. The van der Waals surface area contributed by atoms with Crippen LogP contribution in [0.5, 0.6) is 0 Å². The summed E-state index contributed by atoms with van der Waals surface area (Å²) in [4.78, 5) is 25.4. The number of carbonyl (C=O) groups excluding carboxylic acids is 1. The molecule has 0 aromatic rings. The summed E-state index contributed by atoms with van der Waals surface area (Å²) in [5.41, 5.74) is 0. The number of nitrogens with one attached hydrogen (secondary N) is 1. The standard InChI is InChI=1S/C58H101N2O6P/c1-6-8-10-12-14-16-18-20-22-24-26-28-30-32-34-36-38-40-42-44-46-48-50-52-58(62)59-56(55-66-67(63,64)65-54-53-60(3,4)5)57(61)51-49-47-45-43-41-39-37-35-33-31-29-27-25-23-21-19-17-15-13-11-9-7-2/h8,10,14,16,20,22,26,28,32,34,38,40-41,43-44,46,49,51,56-57,61H,6-7,9,11-13,15,17-19,21,23-25,27,29-31,33,35-37,39,42,45,47-48,50,52-55H2,1-5H3,(H-,59,62,63,64)/b10-8-,16-14-,22-20-,28-26-,34-32-,40-38-,43-41+,46-44-,51-49+. The first-order valence-corrected chi connectivity index (χ1v) is 28.2. The van der Waals surface area contributed by atoms with Crippen molar-refractivity contribution >= 4 is 13.7 Å². The van der Waals surface area contributed by atoms with Gasteiger partial charge in [0.2, 0.25) is 5.91 Å². The van der Waals surface area contributed by atoms with E-state index in [-0.39, 0.29) is 18.9 Å². The van der Waals surface area contributed by atoms with E-state index in [4.69, 9.17) is 9.05 Å². The number of aliphatic hydroxyl groups is 1. The normalized spacial score (nSPS) is 14.9. The van der Waals surface area contributed by atoms with Crippen molar-refractivity contribution in [1.29, 1.82) is 0 Å². The Morgan fingerprint density at radius 2 is 0.925 bits per heavy atom. The Morgan fingerprint density at radius 3 is 1.39 bits per heavy atom. The van der Waals surface area contributed by atoms with Crippen LogP contribution in [0.1, 0.15) is 200 Å². The molecule has 67 heavy (non-hydrogen) atoms. The van der Waals surface area contributed by atoms with Crippen molar-refractivity contribution in [3.05, 3.63) is 109 Å². The van der Waals surface area contributed by atoms with E-state index in [1.54, 1.807) is 6.08 Å². The third-order valence-corrected chi connectivity index (χ3v) is 12.2. The minimum atomic E-state index is -4.63. The van der Waals surface area contributed by atoms with Gasteiger partial charge in [-0.15, -0.1) is 0 Å². The highest BCUT2D eigenvalue weighted by atomic mass is 31.2. The fourth-order valence-electron chi connectivity index (χ4n) is 7.04. The Hall–Kier alpha value is -2.84. The molecule has 0 saturated heterocycles. The zero-order valence-corrected chi connectivity index (χ0v) is 44.5. The first-order chi connectivity index (χ1) is 32.5. The third kappa shape index (κ3) is 50.9. The molecule has 9 heteroatoms. The number of amides is 1. The molecule has 2 N–H and O–H groups in total. The summed E-state index contributed by atoms with van der Waals surface area (Å²) in [6, 6.07) is -0.942. The molecular weight excluding hydrogens is 852 g/mol. The molecule has 0 radical (unpaired) electrons. The maximum Gasteiger partial charge on any atom is 0.268 e. The lowest BCUT2D eigenvalue weighted by Gasteiger charge is -2.29. The van der Waals surface area contributed by atoms with Crippen molar-refractivity contribution in [3.8, 4) is 0 Å². The average molecular weight is 953 g/mol. The van der Waals surface area contributed by atoms with Gasteiger partial charge < -0.3 is 28.8 Å². The Balaban J connectivity index is 4.47. The second-order valence-electron chi connectivity index (χ2n) is 18.8. The van der Waals surface area contributed by atoms with E-state index < -0.39 is 26.6 Å². The van der Waals surface area contributed by atoms with Crippen LogP contribution in [0.4, 0.5) is 0 Å². The molecule has 0 bridgehead atoms. The maximum atomic E-state index is 12.9. The minimum Gasteiger partial charge on any atom is -0.756 e. The lowest BCUT2D eigenvalue weighted by atomic mass is 10.0. The van der Waals surface area contributed by atoms with Crippen molar-refractivity contribution in [3.63, 3.8) is 0 Å². The van der Waals surface area contributed by atoms with Gasteiger partial charge in [0, 0.05) is 6.42 Å². The molecule has 0 rings (SSSR count). The van der Waals surface area contributed by atoms with Crippen LogP contribution in [0, 0.1) is 0 Å². The van der Waals surface area contributed by atoms with Crippen LogP contribution in [0.15, 0.2) is 109 Å². The van der Waals surface area contributed by atoms with E-state index in [2.05, 4.69) is 116 Å². The van der Waals surface area contributed by atoms with E-state index in [0.717, 1.165) is 70.6 Å². The molecule has 0 aliphatic heterocycles. The molecule has 0 spiro atoms. The monoisotopic (exact) mass is 953 g/mol. The van der Waals surface area contributed by atoms with Crippen LogP contribution in [-0.4, -0.2) is 68.5 Å². The molecular formula is C58H101N2O6P. The number of rotatable bonds is 47. The van der Waals surface area contributed by atoms with E-state index >= 15 is 0 Å². The fraction of sp³-hybridized carbons (Fsp3) is 0.672. The maximum absolute atomic E-state index is 12.9. The van der Waals surface area contributed by atoms with Gasteiger partial charge in [0.25, 0.3) is 7.82 Å². The number of phosphoric acid groups is 1. The number of aliphatic hydroxyl groups excluding tert-OH is 1. The minimum absolute atomic E-state index is 0.0234. The number of nitrogens with zero attached hydrogens (tertiary/aromatic N) is 1. The lowest BCUT2D eigenvalue weighted by molar-refractivity contribution is -0.870. The first-order valence-electron chi connectivity index (χ1n) is 26.7. The molecule has 0 aliphatic carbocycles. The van der Waals surface area contributed by atoms with Gasteiger partial charge in [-0.25, -0.2) is 0 Å². The SMILES string of the molecule is CC/C=C\C/C=C\C/C=C\C/C=C\C/C=C\C/C=C\C/C=C\CCCC(=O)NC(COP(=O)([O-])OCC[N+](C)(C)C)C(O)/C=C/CC/C=C/CCCCCCCCCCCCCCCCCC. The van der Waals surface area contributed by atoms with Gasteiger partial charge in [-0.3, -0.25) is 9.36 Å².